The van der Waals surface area contributed by atoms with Crippen LogP contribution in [0.3, 0.4) is 0 Å². The first-order valence-corrected chi connectivity index (χ1v) is 10.2. The third-order valence-electron chi connectivity index (χ3n) is 4.76. The van der Waals surface area contributed by atoms with Crippen LogP contribution in [0.2, 0.25) is 0 Å². The number of methoxy groups -OCH3 is 1. The lowest BCUT2D eigenvalue weighted by Crippen LogP contribution is -2.22. The van der Waals surface area contributed by atoms with Gasteiger partial charge >= 0.3 is 0 Å². The van der Waals surface area contributed by atoms with E-state index in [2.05, 4.69) is 19.2 Å². The Morgan fingerprint density at radius 2 is 2.19 bits per heavy atom. The van der Waals surface area contributed by atoms with E-state index in [1.807, 2.05) is 24.3 Å². The highest BCUT2D eigenvalue weighted by Crippen LogP contribution is 2.29. The number of carbonyl (C=O) groups is 1. The Kier molecular flexibility index (Phi) is 6.74. The van der Waals surface area contributed by atoms with Gasteiger partial charge in [-0.2, -0.15) is 0 Å². The van der Waals surface area contributed by atoms with Gasteiger partial charge in [-0.05, 0) is 55.5 Å². The summed E-state index contributed by atoms with van der Waals surface area (Å²) in [5, 5.41) is 2.98. The highest BCUT2D eigenvalue weighted by atomic mass is 32.1. The average molecular weight is 390 g/mol. The monoisotopic (exact) mass is 389 g/mol. The number of hydrogen-bond acceptors (Lipinski definition) is 5. The summed E-state index contributed by atoms with van der Waals surface area (Å²) in [5.74, 6) is 1.32. The summed E-state index contributed by atoms with van der Waals surface area (Å²) in [5.41, 5.74) is 2.20. The number of aryl methyl sites for hydroxylation is 2. The van der Waals surface area contributed by atoms with Crippen LogP contribution in [0.5, 0.6) is 11.5 Å². The minimum atomic E-state index is -0.0412. The Morgan fingerprint density at radius 1 is 1.33 bits per heavy atom. The van der Waals surface area contributed by atoms with Crippen molar-refractivity contribution in [2.75, 3.05) is 20.3 Å². The Bertz CT molecular complexity index is 780. The molecule has 0 saturated carbocycles. The van der Waals surface area contributed by atoms with Crippen LogP contribution < -0.4 is 14.8 Å². The minimum Gasteiger partial charge on any atom is -0.493 e. The molecule has 2 aromatic rings. The van der Waals surface area contributed by atoms with E-state index in [4.69, 9.17) is 14.2 Å². The second-order valence-electron chi connectivity index (χ2n) is 6.66. The quantitative estimate of drug-likeness (QED) is 0.738. The molecule has 2 heterocycles. The molecule has 3 rings (SSSR count). The zero-order chi connectivity index (χ0) is 19.2. The fourth-order valence-electron chi connectivity index (χ4n) is 3.15. The second-order valence-corrected chi connectivity index (χ2v) is 7.92. The molecule has 5 nitrogen and oxygen atoms in total. The molecular weight excluding hydrogens is 362 g/mol. The lowest BCUT2D eigenvalue weighted by Gasteiger charge is -2.15. The molecule has 0 radical (unpaired) electrons. The molecular formula is C21H27NO4S. The van der Waals surface area contributed by atoms with Crippen LogP contribution >= 0.6 is 11.3 Å². The van der Waals surface area contributed by atoms with Crippen molar-refractivity contribution in [1.29, 1.82) is 0 Å². The molecule has 1 aliphatic rings. The molecule has 1 aromatic carbocycles. The van der Waals surface area contributed by atoms with Crippen molar-refractivity contribution in [2.45, 2.75) is 45.8 Å². The smallest absolute Gasteiger partial charge is 0.261 e. The Labute approximate surface area is 164 Å². The van der Waals surface area contributed by atoms with Crippen molar-refractivity contribution >= 4 is 17.2 Å². The number of ether oxygens (including phenoxy) is 3. The number of carbonyl (C=O) groups excluding carboxylic acids is 1. The van der Waals surface area contributed by atoms with E-state index >= 15 is 0 Å². The van der Waals surface area contributed by atoms with Gasteiger partial charge in [0.15, 0.2) is 11.5 Å². The first-order chi connectivity index (χ1) is 13.1. The Hall–Kier alpha value is -2.05. The molecule has 6 heteroatoms. The van der Waals surface area contributed by atoms with Crippen LogP contribution in [0.15, 0.2) is 24.3 Å². The molecule has 27 heavy (non-hydrogen) atoms. The van der Waals surface area contributed by atoms with Gasteiger partial charge in [-0.3, -0.25) is 4.79 Å². The van der Waals surface area contributed by atoms with Crippen molar-refractivity contribution < 1.29 is 19.0 Å². The van der Waals surface area contributed by atoms with E-state index in [9.17, 15) is 4.79 Å². The molecule has 0 aliphatic carbocycles. The van der Waals surface area contributed by atoms with Crippen molar-refractivity contribution in [3.05, 3.63) is 45.1 Å². The largest absolute Gasteiger partial charge is 0.493 e. The highest BCUT2D eigenvalue weighted by molar-refractivity contribution is 7.14. The molecule has 1 N–H and O–H groups in total. The summed E-state index contributed by atoms with van der Waals surface area (Å²) in [7, 11) is 1.62. The van der Waals surface area contributed by atoms with E-state index in [-0.39, 0.29) is 12.0 Å². The number of benzene rings is 1. The Morgan fingerprint density at radius 3 is 2.85 bits per heavy atom. The number of thiophene rings is 1. The van der Waals surface area contributed by atoms with Gasteiger partial charge in [0.25, 0.3) is 5.91 Å². The zero-order valence-electron chi connectivity index (χ0n) is 16.2. The predicted octanol–water partition coefficient (Wildman–Crippen LogP) is 4.12. The first-order valence-electron chi connectivity index (χ1n) is 9.39. The van der Waals surface area contributed by atoms with Gasteiger partial charge in [0, 0.05) is 18.0 Å². The lowest BCUT2D eigenvalue weighted by atomic mass is 10.2. The van der Waals surface area contributed by atoms with E-state index in [1.54, 1.807) is 18.4 Å². The first kappa shape index (κ1) is 19.7. The predicted molar refractivity (Wildman–Crippen MR) is 107 cm³/mol. The van der Waals surface area contributed by atoms with Crippen LogP contribution in [0.4, 0.5) is 0 Å². The van der Waals surface area contributed by atoms with E-state index in [0.29, 0.717) is 24.7 Å². The minimum absolute atomic E-state index is 0.0412. The Balaban J connectivity index is 1.58. The van der Waals surface area contributed by atoms with Gasteiger partial charge in [0.05, 0.1) is 18.1 Å². The third-order valence-corrected chi connectivity index (χ3v) is 5.85. The van der Waals surface area contributed by atoms with E-state index in [1.165, 1.54) is 10.4 Å². The molecule has 1 atom stereocenters. The SMILES string of the molecule is CCc1cc(C(=O)NCc2ccc(OCC3CCCO3)c(OC)c2)sc1C. The van der Waals surface area contributed by atoms with Crippen molar-refractivity contribution in [2.24, 2.45) is 0 Å². The van der Waals surface area contributed by atoms with Crippen LogP contribution in [0, 0.1) is 6.92 Å². The summed E-state index contributed by atoms with van der Waals surface area (Å²) in [6.45, 7) is 5.95. The van der Waals surface area contributed by atoms with Gasteiger partial charge < -0.3 is 19.5 Å². The standard InChI is InChI=1S/C21H27NO4S/c1-4-16-11-20(27-14(16)2)21(23)22-12-15-7-8-18(19(10-15)24-3)26-13-17-6-5-9-25-17/h7-8,10-11,17H,4-6,9,12-13H2,1-3H3,(H,22,23). The number of nitrogens with one attached hydrogen (secondary N) is 1. The molecule has 146 valence electrons. The molecule has 1 aliphatic heterocycles. The van der Waals surface area contributed by atoms with Crippen LogP contribution in [0.25, 0.3) is 0 Å². The summed E-state index contributed by atoms with van der Waals surface area (Å²) < 4.78 is 16.9. The van der Waals surface area contributed by atoms with Gasteiger partial charge in [0.1, 0.15) is 6.61 Å². The summed E-state index contributed by atoms with van der Waals surface area (Å²) in [6.07, 6.45) is 3.23. The fraction of sp³-hybridized carbons (Fsp3) is 0.476. The summed E-state index contributed by atoms with van der Waals surface area (Å²) in [4.78, 5) is 14.4. The number of amides is 1. The van der Waals surface area contributed by atoms with Gasteiger partial charge in [-0.25, -0.2) is 0 Å². The maximum atomic E-state index is 12.4. The van der Waals surface area contributed by atoms with Crippen molar-refractivity contribution in [1.82, 2.24) is 5.32 Å². The molecule has 1 saturated heterocycles. The van der Waals surface area contributed by atoms with Crippen molar-refractivity contribution in [3.8, 4) is 11.5 Å². The maximum Gasteiger partial charge on any atom is 0.261 e. The fourth-order valence-corrected chi connectivity index (χ4v) is 4.18. The van der Waals surface area contributed by atoms with Crippen molar-refractivity contribution in [3.63, 3.8) is 0 Å². The van der Waals surface area contributed by atoms with Gasteiger partial charge in [-0.15, -0.1) is 11.3 Å². The average Bonchev–Trinajstić information content (AvgIpc) is 3.34. The molecule has 1 aromatic heterocycles. The molecule has 1 fully saturated rings. The van der Waals surface area contributed by atoms with E-state index < -0.39 is 0 Å². The molecule has 0 bridgehead atoms. The molecule has 1 unspecified atom stereocenters. The maximum absolute atomic E-state index is 12.4. The van der Waals surface area contributed by atoms with Gasteiger partial charge in [0.2, 0.25) is 0 Å². The normalized spacial score (nSPS) is 16.3. The third kappa shape index (κ3) is 5.02. The van der Waals surface area contributed by atoms with E-state index in [0.717, 1.165) is 36.3 Å². The number of hydrogen-bond donors (Lipinski definition) is 1. The van der Waals surface area contributed by atoms with Crippen LogP contribution in [-0.2, 0) is 17.7 Å². The number of rotatable bonds is 8. The molecule has 1 amide bonds. The topological polar surface area (TPSA) is 56.8 Å². The summed E-state index contributed by atoms with van der Waals surface area (Å²) >= 11 is 1.54. The van der Waals surface area contributed by atoms with Crippen LogP contribution in [-0.4, -0.2) is 32.3 Å². The zero-order valence-corrected chi connectivity index (χ0v) is 17.0. The highest BCUT2D eigenvalue weighted by Gasteiger charge is 2.17. The lowest BCUT2D eigenvalue weighted by molar-refractivity contribution is 0.0669. The van der Waals surface area contributed by atoms with Crippen LogP contribution in [0.1, 0.15) is 45.4 Å². The summed E-state index contributed by atoms with van der Waals surface area (Å²) in [6, 6.07) is 7.73. The van der Waals surface area contributed by atoms with Gasteiger partial charge in [-0.1, -0.05) is 13.0 Å². The molecule has 0 spiro atoms. The second kappa shape index (κ2) is 9.24.